The molecule has 1 aliphatic heterocycles. The van der Waals surface area contributed by atoms with Crippen LogP contribution in [0, 0.1) is 0 Å². The number of carbonyl (C=O) groups is 3. The monoisotopic (exact) mass is 436 g/mol. The number of benzene rings is 2. The molecule has 0 radical (unpaired) electrons. The molecule has 8 nitrogen and oxygen atoms in total. The molecular formula is C19H17ClN2O6S. The number of hydrogen-bond donors (Lipinski definition) is 1. The van der Waals surface area contributed by atoms with Crippen molar-refractivity contribution in [2.75, 3.05) is 19.7 Å². The van der Waals surface area contributed by atoms with Crippen LogP contribution in [0.1, 0.15) is 27.1 Å². The van der Waals surface area contributed by atoms with Crippen LogP contribution in [0.3, 0.4) is 0 Å². The minimum absolute atomic E-state index is 0.0286. The van der Waals surface area contributed by atoms with Gasteiger partial charge < -0.3 is 4.74 Å². The molecule has 0 fully saturated rings. The van der Waals surface area contributed by atoms with E-state index in [-0.39, 0.29) is 31.0 Å². The van der Waals surface area contributed by atoms with E-state index in [4.69, 9.17) is 16.3 Å². The summed E-state index contributed by atoms with van der Waals surface area (Å²) in [5.74, 6) is -1.52. The summed E-state index contributed by atoms with van der Waals surface area (Å²) in [4.78, 5) is 37.2. The van der Waals surface area contributed by atoms with Gasteiger partial charge in [-0.2, -0.15) is 0 Å². The second-order valence-electron chi connectivity index (χ2n) is 6.13. The zero-order valence-corrected chi connectivity index (χ0v) is 16.7. The Labute approximate surface area is 172 Å². The van der Waals surface area contributed by atoms with Gasteiger partial charge in [-0.25, -0.2) is 13.1 Å². The number of hydrogen-bond acceptors (Lipinski definition) is 6. The first-order chi connectivity index (χ1) is 13.8. The van der Waals surface area contributed by atoms with Gasteiger partial charge in [0.1, 0.15) is 6.61 Å². The van der Waals surface area contributed by atoms with E-state index in [0.29, 0.717) is 16.1 Å². The van der Waals surface area contributed by atoms with Gasteiger partial charge in [0.15, 0.2) is 0 Å². The Morgan fingerprint density at radius 3 is 2.17 bits per heavy atom. The van der Waals surface area contributed by atoms with Crippen molar-refractivity contribution < 1.29 is 27.5 Å². The van der Waals surface area contributed by atoms with Crippen LogP contribution in [-0.2, 0) is 19.6 Å². The Morgan fingerprint density at radius 1 is 1.00 bits per heavy atom. The van der Waals surface area contributed by atoms with Crippen LogP contribution in [0.4, 0.5) is 0 Å². The Kier molecular flexibility index (Phi) is 6.31. The van der Waals surface area contributed by atoms with E-state index < -0.39 is 27.8 Å². The molecule has 2 aromatic carbocycles. The van der Waals surface area contributed by atoms with Crippen molar-refractivity contribution in [2.45, 2.75) is 11.3 Å². The fourth-order valence-electron chi connectivity index (χ4n) is 2.75. The van der Waals surface area contributed by atoms with Crippen LogP contribution in [0.25, 0.3) is 0 Å². The van der Waals surface area contributed by atoms with Gasteiger partial charge in [0.25, 0.3) is 11.8 Å². The van der Waals surface area contributed by atoms with Gasteiger partial charge in [-0.15, -0.1) is 0 Å². The summed E-state index contributed by atoms with van der Waals surface area (Å²) in [5.41, 5.74) is 0.640. The van der Waals surface area contributed by atoms with Gasteiger partial charge in [0.2, 0.25) is 10.0 Å². The highest BCUT2D eigenvalue weighted by Crippen LogP contribution is 2.21. The topological polar surface area (TPSA) is 110 Å². The molecule has 3 rings (SSSR count). The third-order valence-corrected chi connectivity index (χ3v) is 5.93. The van der Waals surface area contributed by atoms with Gasteiger partial charge >= 0.3 is 5.97 Å². The number of ether oxygens (including phenoxy) is 1. The molecule has 0 aliphatic carbocycles. The van der Waals surface area contributed by atoms with E-state index in [2.05, 4.69) is 4.72 Å². The first kappa shape index (κ1) is 21.0. The predicted molar refractivity (Wildman–Crippen MR) is 104 cm³/mol. The maximum Gasteiger partial charge on any atom is 0.307 e. The van der Waals surface area contributed by atoms with E-state index in [1.807, 2.05) is 0 Å². The van der Waals surface area contributed by atoms with E-state index >= 15 is 0 Å². The molecule has 152 valence electrons. The van der Waals surface area contributed by atoms with Crippen molar-refractivity contribution in [1.82, 2.24) is 9.62 Å². The summed E-state index contributed by atoms with van der Waals surface area (Å²) >= 11 is 5.73. The number of nitrogens with zero attached hydrogens (tertiary/aromatic N) is 1. The number of amides is 2. The molecule has 1 aliphatic rings. The zero-order chi connectivity index (χ0) is 21.0. The molecule has 0 atom stereocenters. The number of esters is 1. The van der Waals surface area contributed by atoms with Crippen LogP contribution in [0.2, 0.25) is 5.02 Å². The quantitative estimate of drug-likeness (QED) is 0.499. The van der Waals surface area contributed by atoms with Crippen LogP contribution in [0.5, 0.6) is 0 Å². The standard InChI is InChI=1S/C19H17ClN2O6S/c20-13-5-7-14(8-6-13)29(26,27)21-10-9-17(23)28-12-11-22-18(24)15-3-1-2-4-16(15)19(22)25/h1-8,21H,9-12H2. The van der Waals surface area contributed by atoms with E-state index in [0.717, 1.165) is 4.90 Å². The molecular weight excluding hydrogens is 420 g/mol. The van der Waals surface area contributed by atoms with Crippen molar-refractivity contribution in [2.24, 2.45) is 0 Å². The van der Waals surface area contributed by atoms with Crippen LogP contribution >= 0.6 is 11.6 Å². The maximum atomic E-state index is 12.2. The summed E-state index contributed by atoms with van der Waals surface area (Å²) < 4.78 is 31.5. The predicted octanol–water partition coefficient (Wildman–Crippen LogP) is 1.85. The number of rotatable bonds is 8. The zero-order valence-electron chi connectivity index (χ0n) is 15.1. The number of sulfonamides is 1. The number of halogens is 1. The average Bonchev–Trinajstić information content (AvgIpc) is 2.93. The first-order valence-corrected chi connectivity index (χ1v) is 10.5. The lowest BCUT2D eigenvalue weighted by Crippen LogP contribution is -2.33. The smallest absolute Gasteiger partial charge is 0.307 e. The molecule has 0 spiro atoms. The average molecular weight is 437 g/mol. The summed E-state index contributed by atoms with van der Waals surface area (Å²) in [6, 6.07) is 12.1. The molecule has 0 bridgehead atoms. The molecule has 0 saturated heterocycles. The SMILES string of the molecule is O=C(CCNS(=O)(=O)c1ccc(Cl)cc1)OCCN1C(=O)c2ccccc2C1=O. The Bertz CT molecular complexity index is 1020. The van der Waals surface area contributed by atoms with E-state index in [1.54, 1.807) is 24.3 Å². The summed E-state index contributed by atoms with van der Waals surface area (Å²) in [6.45, 7) is -0.403. The van der Waals surface area contributed by atoms with E-state index in [9.17, 15) is 22.8 Å². The highest BCUT2D eigenvalue weighted by atomic mass is 35.5. The normalized spacial score (nSPS) is 13.5. The summed E-state index contributed by atoms with van der Waals surface area (Å²) in [5, 5.41) is 0.408. The van der Waals surface area contributed by atoms with Crippen molar-refractivity contribution in [3.8, 4) is 0 Å². The molecule has 1 N–H and O–H groups in total. The van der Waals surface area contributed by atoms with Crippen molar-refractivity contribution >= 4 is 39.4 Å². The van der Waals surface area contributed by atoms with Gasteiger partial charge in [-0.3, -0.25) is 19.3 Å². The van der Waals surface area contributed by atoms with Gasteiger partial charge in [0, 0.05) is 11.6 Å². The summed E-state index contributed by atoms with van der Waals surface area (Å²) in [6.07, 6.45) is -0.199. The highest BCUT2D eigenvalue weighted by molar-refractivity contribution is 7.89. The molecule has 2 amide bonds. The van der Waals surface area contributed by atoms with Gasteiger partial charge in [-0.05, 0) is 36.4 Å². The second-order valence-corrected chi connectivity index (χ2v) is 8.33. The third-order valence-electron chi connectivity index (χ3n) is 4.20. The minimum atomic E-state index is -3.77. The molecule has 2 aromatic rings. The van der Waals surface area contributed by atoms with Crippen LogP contribution in [-0.4, -0.2) is 50.8 Å². The summed E-state index contributed by atoms with van der Waals surface area (Å²) in [7, 11) is -3.77. The molecule has 1 heterocycles. The number of fused-ring (bicyclic) bond motifs is 1. The van der Waals surface area contributed by atoms with Crippen molar-refractivity contribution in [3.63, 3.8) is 0 Å². The lowest BCUT2D eigenvalue weighted by Gasteiger charge is -2.13. The second kappa shape index (κ2) is 8.73. The fraction of sp³-hybridized carbons (Fsp3) is 0.211. The Morgan fingerprint density at radius 2 is 1.59 bits per heavy atom. The maximum absolute atomic E-state index is 12.2. The molecule has 29 heavy (non-hydrogen) atoms. The van der Waals surface area contributed by atoms with E-state index in [1.165, 1.54) is 24.3 Å². The number of nitrogens with one attached hydrogen (secondary N) is 1. The third kappa shape index (κ3) is 4.81. The largest absolute Gasteiger partial charge is 0.464 e. The van der Waals surface area contributed by atoms with Crippen LogP contribution < -0.4 is 4.72 Å². The van der Waals surface area contributed by atoms with Crippen molar-refractivity contribution in [3.05, 3.63) is 64.7 Å². The molecule has 10 heteroatoms. The van der Waals surface area contributed by atoms with Gasteiger partial charge in [-0.1, -0.05) is 23.7 Å². The van der Waals surface area contributed by atoms with Crippen molar-refractivity contribution in [1.29, 1.82) is 0 Å². The molecule has 0 aromatic heterocycles. The number of imide groups is 1. The number of carbonyl (C=O) groups excluding carboxylic acids is 3. The molecule has 0 unspecified atom stereocenters. The lowest BCUT2D eigenvalue weighted by atomic mass is 10.1. The Hall–Kier alpha value is -2.75. The lowest BCUT2D eigenvalue weighted by molar-refractivity contribution is -0.143. The fourth-order valence-corrected chi connectivity index (χ4v) is 3.91. The first-order valence-electron chi connectivity index (χ1n) is 8.66. The Balaban J connectivity index is 1.42. The van der Waals surface area contributed by atoms with Gasteiger partial charge in [0.05, 0.1) is 29.0 Å². The van der Waals surface area contributed by atoms with Crippen LogP contribution in [0.15, 0.2) is 53.4 Å². The molecule has 0 saturated carbocycles. The highest BCUT2D eigenvalue weighted by Gasteiger charge is 2.34. The minimum Gasteiger partial charge on any atom is -0.464 e.